The van der Waals surface area contributed by atoms with Gasteiger partial charge in [-0.3, -0.25) is 18.8 Å². The van der Waals surface area contributed by atoms with Crippen LogP contribution in [0.4, 0.5) is 5.69 Å². The van der Waals surface area contributed by atoms with E-state index in [2.05, 4.69) is 10.4 Å². The molecule has 4 rings (SSSR count). The molecule has 1 aromatic carbocycles. The summed E-state index contributed by atoms with van der Waals surface area (Å²) in [5, 5.41) is 6.94. The van der Waals surface area contributed by atoms with Crippen LogP contribution in [0.3, 0.4) is 0 Å². The summed E-state index contributed by atoms with van der Waals surface area (Å²) in [4.78, 5) is 39.2. The molecule has 0 unspecified atom stereocenters. The third-order valence-electron chi connectivity index (χ3n) is 4.93. The van der Waals surface area contributed by atoms with Crippen molar-refractivity contribution in [3.05, 3.63) is 44.2 Å². The van der Waals surface area contributed by atoms with Gasteiger partial charge in [0.05, 0.1) is 9.09 Å². The molecule has 0 bridgehead atoms. The van der Waals surface area contributed by atoms with Crippen molar-refractivity contribution < 1.29 is 14.0 Å². The van der Waals surface area contributed by atoms with Gasteiger partial charge in [-0.05, 0) is 60.1 Å². The summed E-state index contributed by atoms with van der Waals surface area (Å²) >= 11 is 2.05. The molecule has 1 aliphatic heterocycles. The molecule has 0 aliphatic carbocycles. The largest absolute Gasteiger partial charge is 0.420 e. The van der Waals surface area contributed by atoms with Crippen LogP contribution < -0.4 is 11.1 Å². The van der Waals surface area contributed by atoms with Crippen LogP contribution in [-0.2, 0) is 18.4 Å². The lowest BCUT2D eigenvalue weighted by Gasteiger charge is -2.26. The second-order valence-electron chi connectivity index (χ2n) is 7.03. The Kier molecular flexibility index (Phi) is 5.43. The third kappa shape index (κ3) is 4.07. The number of carbonyl (C=O) groups is 2. The molecular formula is C19H20IN5O4. The Balaban J connectivity index is 1.59. The topological polar surface area (TPSA) is 102 Å². The monoisotopic (exact) mass is 509 g/mol. The zero-order valence-corrected chi connectivity index (χ0v) is 18.0. The maximum atomic E-state index is 12.6. The molecule has 29 heavy (non-hydrogen) atoms. The molecule has 0 spiro atoms. The first-order valence-electron chi connectivity index (χ1n) is 9.34. The lowest BCUT2D eigenvalue weighted by Crippen LogP contribution is -2.39. The van der Waals surface area contributed by atoms with E-state index in [9.17, 15) is 14.4 Å². The number of likely N-dealkylation sites (tertiary alicyclic amines) is 1. The lowest BCUT2D eigenvalue weighted by molar-refractivity contribution is -0.132. The number of anilines is 1. The van der Waals surface area contributed by atoms with Gasteiger partial charge in [0.2, 0.25) is 5.91 Å². The van der Waals surface area contributed by atoms with Gasteiger partial charge in [-0.15, -0.1) is 0 Å². The standard InChI is InChI=1S/C19H20IN5O4/c1-23-10-13(20)17(22-23)18(27)21-12-5-6-15-14(9-12)25(19(28)29-15)11-16(26)24-7-3-2-4-8-24/h5-6,9-10H,2-4,7-8,11H2,1H3,(H,21,27). The summed E-state index contributed by atoms with van der Waals surface area (Å²) in [6, 6.07) is 4.89. The summed E-state index contributed by atoms with van der Waals surface area (Å²) in [5.41, 5.74) is 1.64. The van der Waals surface area contributed by atoms with Crippen molar-refractivity contribution in [2.45, 2.75) is 25.8 Å². The molecule has 3 aromatic rings. The van der Waals surface area contributed by atoms with Crippen molar-refractivity contribution in [2.24, 2.45) is 7.05 Å². The first-order chi connectivity index (χ1) is 13.9. The van der Waals surface area contributed by atoms with Gasteiger partial charge in [-0.2, -0.15) is 5.10 Å². The Hall–Kier alpha value is -2.63. The predicted molar refractivity (Wildman–Crippen MR) is 115 cm³/mol. The Bertz CT molecular complexity index is 1140. The summed E-state index contributed by atoms with van der Waals surface area (Å²) in [5.74, 6) is -1.05. The van der Waals surface area contributed by atoms with Crippen molar-refractivity contribution in [3.8, 4) is 0 Å². The van der Waals surface area contributed by atoms with Gasteiger partial charge in [0.25, 0.3) is 5.91 Å². The minimum absolute atomic E-state index is 0.0820. The van der Waals surface area contributed by atoms with Crippen LogP contribution in [0.2, 0.25) is 0 Å². The number of nitrogens with one attached hydrogen (secondary N) is 1. The molecule has 1 aliphatic rings. The predicted octanol–water partition coefficient (Wildman–Crippen LogP) is 2.20. The van der Waals surface area contributed by atoms with Gasteiger partial charge >= 0.3 is 5.76 Å². The van der Waals surface area contributed by atoms with Crippen LogP contribution in [0.25, 0.3) is 11.1 Å². The number of piperidine rings is 1. The Morgan fingerprint density at radius 2 is 2.00 bits per heavy atom. The van der Waals surface area contributed by atoms with Crippen LogP contribution in [0.15, 0.2) is 33.6 Å². The fraction of sp³-hybridized carbons (Fsp3) is 0.368. The summed E-state index contributed by atoms with van der Waals surface area (Å²) in [7, 11) is 1.74. The molecule has 1 N–H and O–H groups in total. The van der Waals surface area contributed by atoms with E-state index in [1.54, 1.807) is 41.0 Å². The van der Waals surface area contributed by atoms with E-state index in [-0.39, 0.29) is 18.4 Å². The molecule has 0 atom stereocenters. The number of hydrogen-bond acceptors (Lipinski definition) is 5. The fourth-order valence-electron chi connectivity index (χ4n) is 3.47. The molecule has 1 fully saturated rings. The van der Waals surface area contributed by atoms with E-state index in [1.807, 2.05) is 22.6 Å². The maximum absolute atomic E-state index is 12.6. The van der Waals surface area contributed by atoms with Crippen LogP contribution >= 0.6 is 22.6 Å². The molecule has 152 valence electrons. The smallest absolute Gasteiger partial charge is 0.408 e. The van der Waals surface area contributed by atoms with E-state index in [0.717, 1.165) is 22.8 Å². The molecule has 3 heterocycles. The van der Waals surface area contributed by atoms with E-state index in [0.29, 0.717) is 35.6 Å². The minimum Gasteiger partial charge on any atom is -0.408 e. The summed E-state index contributed by atoms with van der Waals surface area (Å²) in [6.07, 6.45) is 4.83. The van der Waals surface area contributed by atoms with E-state index in [1.165, 1.54) is 4.57 Å². The highest BCUT2D eigenvalue weighted by Crippen LogP contribution is 2.20. The molecule has 9 nitrogen and oxygen atoms in total. The van der Waals surface area contributed by atoms with Crippen molar-refractivity contribution in [1.29, 1.82) is 0 Å². The normalized spacial score (nSPS) is 14.3. The number of carbonyl (C=O) groups excluding carboxylic acids is 2. The SMILES string of the molecule is Cn1cc(I)c(C(=O)Nc2ccc3oc(=O)n(CC(=O)N4CCCCC4)c3c2)n1. The highest BCUT2D eigenvalue weighted by molar-refractivity contribution is 14.1. The molecule has 2 amide bonds. The van der Waals surface area contributed by atoms with Gasteiger partial charge in [0.15, 0.2) is 11.3 Å². The highest BCUT2D eigenvalue weighted by Gasteiger charge is 2.20. The third-order valence-corrected chi connectivity index (χ3v) is 5.72. The number of rotatable bonds is 4. The second-order valence-corrected chi connectivity index (χ2v) is 8.19. The first kappa shape index (κ1) is 19.7. The van der Waals surface area contributed by atoms with Crippen molar-refractivity contribution >= 4 is 51.2 Å². The van der Waals surface area contributed by atoms with Crippen molar-refractivity contribution in [2.75, 3.05) is 18.4 Å². The van der Waals surface area contributed by atoms with Crippen molar-refractivity contribution in [3.63, 3.8) is 0 Å². The molecule has 0 saturated carbocycles. The number of benzene rings is 1. The number of oxazole rings is 1. The number of aryl methyl sites for hydroxylation is 1. The molecule has 0 radical (unpaired) electrons. The van der Waals surface area contributed by atoms with E-state index in [4.69, 9.17) is 4.42 Å². The first-order valence-corrected chi connectivity index (χ1v) is 10.4. The fourth-order valence-corrected chi connectivity index (χ4v) is 4.23. The number of halogens is 1. The quantitative estimate of drug-likeness (QED) is 0.544. The molecule has 1 saturated heterocycles. The Morgan fingerprint density at radius 1 is 1.24 bits per heavy atom. The average Bonchev–Trinajstić information content (AvgIpc) is 3.20. The number of nitrogens with zero attached hydrogens (tertiary/aromatic N) is 4. The second kappa shape index (κ2) is 8.01. The van der Waals surface area contributed by atoms with Crippen LogP contribution in [0.1, 0.15) is 29.8 Å². The van der Waals surface area contributed by atoms with E-state index < -0.39 is 5.76 Å². The number of hydrogen-bond donors (Lipinski definition) is 1. The molecule has 2 aromatic heterocycles. The number of aromatic nitrogens is 3. The molecule has 10 heteroatoms. The Labute approximate surface area is 179 Å². The van der Waals surface area contributed by atoms with Crippen LogP contribution in [0.5, 0.6) is 0 Å². The summed E-state index contributed by atoms with van der Waals surface area (Å²) in [6.45, 7) is 1.35. The van der Waals surface area contributed by atoms with Crippen LogP contribution in [-0.4, -0.2) is 44.2 Å². The van der Waals surface area contributed by atoms with Gasteiger partial charge in [0, 0.05) is 32.0 Å². The van der Waals surface area contributed by atoms with Gasteiger partial charge < -0.3 is 14.6 Å². The Morgan fingerprint density at radius 3 is 2.69 bits per heavy atom. The zero-order valence-electron chi connectivity index (χ0n) is 15.9. The maximum Gasteiger partial charge on any atom is 0.420 e. The van der Waals surface area contributed by atoms with E-state index >= 15 is 0 Å². The number of amides is 2. The van der Waals surface area contributed by atoms with Crippen LogP contribution in [0, 0.1) is 3.57 Å². The highest BCUT2D eigenvalue weighted by atomic mass is 127. The van der Waals surface area contributed by atoms with Gasteiger partial charge in [0.1, 0.15) is 6.54 Å². The van der Waals surface area contributed by atoms with Gasteiger partial charge in [-0.25, -0.2) is 4.79 Å². The summed E-state index contributed by atoms with van der Waals surface area (Å²) < 4.78 is 8.88. The van der Waals surface area contributed by atoms with Crippen molar-refractivity contribution in [1.82, 2.24) is 19.2 Å². The zero-order chi connectivity index (χ0) is 20.5. The lowest BCUT2D eigenvalue weighted by atomic mass is 10.1. The molecular weight excluding hydrogens is 489 g/mol. The minimum atomic E-state index is -0.590. The average molecular weight is 509 g/mol. The van der Waals surface area contributed by atoms with Gasteiger partial charge in [-0.1, -0.05) is 0 Å². The number of fused-ring (bicyclic) bond motifs is 1.